The van der Waals surface area contributed by atoms with Crippen molar-refractivity contribution in [1.82, 2.24) is 4.98 Å². The van der Waals surface area contributed by atoms with Crippen LogP contribution in [0.5, 0.6) is 5.88 Å². The highest BCUT2D eigenvalue weighted by Gasteiger charge is 2.21. The molecule has 2 rings (SSSR count). The molecule has 17 heavy (non-hydrogen) atoms. The average Bonchev–Trinajstić information content (AvgIpc) is 2.80. The molecule has 1 aliphatic heterocycles. The van der Waals surface area contributed by atoms with E-state index in [4.69, 9.17) is 9.47 Å². The lowest BCUT2D eigenvalue weighted by Crippen LogP contribution is -2.17. The van der Waals surface area contributed by atoms with Gasteiger partial charge < -0.3 is 9.47 Å². The number of hydrogen-bond donors (Lipinski definition) is 0. The van der Waals surface area contributed by atoms with Crippen LogP contribution in [0, 0.1) is 10.1 Å². The van der Waals surface area contributed by atoms with E-state index in [9.17, 15) is 10.1 Å². The molecular formula is C10H11BrN2O4. The van der Waals surface area contributed by atoms with Gasteiger partial charge in [-0.25, -0.2) is 4.98 Å². The van der Waals surface area contributed by atoms with E-state index in [-0.39, 0.29) is 17.7 Å². The molecular weight excluding hydrogens is 292 g/mol. The van der Waals surface area contributed by atoms with Crippen LogP contribution in [0.1, 0.15) is 12.8 Å². The first-order valence-corrected chi connectivity index (χ1v) is 6.00. The quantitative estimate of drug-likeness (QED) is 0.630. The monoisotopic (exact) mass is 302 g/mol. The van der Waals surface area contributed by atoms with E-state index in [1.54, 1.807) is 0 Å². The fourth-order valence-corrected chi connectivity index (χ4v) is 1.92. The van der Waals surface area contributed by atoms with Crippen molar-refractivity contribution < 1.29 is 14.4 Å². The molecule has 2 heterocycles. The second-order valence-corrected chi connectivity index (χ2v) is 4.60. The third kappa shape index (κ3) is 3.13. The first-order chi connectivity index (χ1) is 8.16. The fourth-order valence-electron chi connectivity index (χ4n) is 1.61. The number of ether oxygens (including phenoxy) is 2. The van der Waals surface area contributed by atoms with E-state index in [1.165, 1.54) is 12.3 Å². The summed E-state index contributed by atoms with van der Waals surface area (Å²) in [6.45, 7) is 1.03. The second-order valence-electron chi connectivity index (χ2n) is 3.68. The van der Waals surface area contributed by atoms with E-state index >= 15 is 0 Å². The minimum absolute atomic E-state index is 0.0139. The maximum Gasteiger partial charge on any atom is 0.332 e. The third-order valence-electron chi connectivity index (χ3n) is 2.43. The number of aromatic nitrogens is 1. The number of nitro groups is 1. The Kier molecular flexibility index (Phi) is 3.90. The lowest BCUT2D eigenvalue weighted by molar-refractivity contribution is -0.386. The molecule has 6 nitrogen and oxygen atoms in total. The van der Waals surface area contributed by atoms with Gasteiger partial charge >= 0.3 is 5.69 Å². The highest BCUT2D eigenvalue weighted by molar-refractivity contribution is 9.10. The van der Waals surface area contributed by atoms with Crippen LogP contribution in [-0.2, 0) is 4.74 Å². The van der Waals surface area contributed by atoms with Gasteiger partial charge in [-0.05, 0) is 28.8 Å². The zero-order chi connectivity index (χ0) is 12.3. The van der Waals surface area contributed by atoms with Gasteiger partial charge in [0.05, 0.1) is 11.0 Å². The fraction of sp³-hybridized carbons (Fsp3) is 0.500. The number of nitrogens with zero attached hydrogens (tertiary/aromatic N) is 2. The van der Waals surface area contributed by atoms with Crippen LogP contribution in [0.4, 0.5) is 5.69 Å². The molecule has 0 amide bonds. The van der Waals surface area contributed by atoms with Crippen molar-refractivity contribution in [1.29, 1.82) is 0 Å². The smallest absolute Gasteiger partial charge is 0.332 e. The zero-order valence-electron chi connectivity index (χ0n) is 8.97. The molecule has 1 aromatic rings. The molecule has 1 atom stereocenters. The van der Waals surface area contributed by atoms with Crippen molar-refractivity contribution in [2.45, 2.75) is 18.9 Å². The van der Waals surface area contributed by atoms with Crippen LogP contribution in [0.3, 0.4) is 0 Å². The predicted octanol–water partition coefficient (Wildman–Crippen LogP) is 2.31. The molecule has 0 N–H and O–H groups in total. The number of pyridine rings is 1. The van der Waals surface area contributed by atoms with Crippen LogP contribution < -0.4 is 4.74 Å². The van der Waals surface area contributed by atoms with Gasteiger partial charge in [0.15, 0.2) is 0 Å². The minimum Gasteiger partial charge on any atom is -0.470 e. The summed E-state index contributed by atoms with van der Waals surface area (Å²) in [5, 5.41) is 10.8. The van der Waals surface area contributed by atoms with Gasteiger partial charge in [-0.1, -0.05) is 0 Å². The SMILES string of the molecule is O=[N+]([O-])c1cc(Br)cnc1OCC1CCCO1. The van der Waals surface area contributed by atoms with Gasteiger partial charge in [-0.15, -0.1) is 0 Å². The van der Waals surface area contributed by atoms with Crippen LogP contribution >= 0.6 is 15.9 Å². The van der Waals surface area contributed by atoms with Crippen LogP contribution in [0.15, 0.2) is 16.7 Å². The van der Waals surface area contributed by atoms with E-state index in [2.05, 4.69) is 20.9 Å². The molecule has 1 aliphatic rings. The Hall–Kier alpha value is -1.21. The molecule has 0 radical (unpaired) electrons. The summed E-state index contributed by atoms with van der Waals surface area (Å²) in [4.78, 5) is 14.2. The summed E-state index contributed by atoms with van der Waals surface area (Å²) < 4.78 is 11.3. The first kappa shape index (κ1) is 12.3. The Balaban J connectivity index is 2.06. The van der Waals surface area contributed by atoms with E-state index < -0.39 is 4.92 Å². The first-order valence-electron chi connectivity index (χ1n) is 5.21. The van der Waals surface area contributed by atoms with Gasteiger partial charge in [0.25, 0.3) is 5.88 Å². The molecule has 92 valence electrons. The zero-order valence-corrected chi connectivity index (χ0v) is 10.6. The molecule has 1 fully saturated rings. The second kappa shape index (κ2) is 5.42. The Labute approximate surface area is 106 Å². The van der Waals surface area contributed by atoms with Gasteiger partial charge in [-0.2, -0.15) is 0 Å². The average molecular weight is 303 g/mol. The predicted molar refractivity (Wildman–Crippen MR) is 63.1 cm³/mol. The number of hydrogen-bond acceptors (Lipinski definition) is 5. The summed E-state index contributed by atoms with van der Waals surface area (Å²) in [5.74, 6) is 0.0358. The van der Waals surface area contributed by atoms with E-state index in [0.717, 1.165) is 19.4 Å². The Morgan fingerprint density at radius 1 is 1.71 bits per heavy atom. The summed E-state index contributed by atoms with van der Waals surface area (Å²) in [6, 6.07) is 1.37. The molecule has 1 aromatic heterocycles. The van der Waals surface area contributed by atoms with E-state index in [0.29, 0.717) is 11.1 Å². The highest BCUT2D eigenvalue weighted by atomic mass is 79.9. The third-order valence-corrected chi connectivity index (χ3v) is 2.86. The number of halogens is 1. The summed E-state index contributed by atoms with van der Waals surface area (Å²) in [7, 11) is 0. The van der Waals surface area contributed by atoms with Gasteiger partial charge in [0, 0.05) is 23.3 Å². The number of rotatable bonds is 4. The lowest BCUT2D eigenvalue weighted by Gasteiger charge is -2.10. The molecule has 0 bridgehead atoms. The Bertz CT molecular complexity index is 421. The van der Waals surface area contributed by atoms with E-state index in [1.807, 2.05) is 0 Å². The standard InChI is InChI=1S/C10H11BrN2O4/c11-7-4-9(13(14)15)10(12-5-7)17-6-8-2-1-3-16-8/h4-5,8H,1-3,6H2. The molecule has 1 saturated heterocycles. The Morgan fingerprint density at radius 3 is 3.18 bits per heavy atom. The van der Waals surface area contributed by atoms with Crippen molar-refractivity contribution in [3.8, 4) is 5.88 Å². The highest BCUT2D eigenvalue weighted by Crippen LogP contribution is 2.27. The van der Waals surface area contributed by atoms with Crippen molar-refractivity contribution in [2.24, 2.45) is 0 Å². The van der Waals surface area contributed by atoms with Gasteiger partial charge in [0.1, 0.15) is 6.61 Å². The Morgan fingerprint density at radius 2 is 2.53 bits per heavy atom. The van der Waals surface area contributed by atoms with Crippen molar-refractivity contribution in [3.63, 3.8) is 0 Å². The molecule has 0 saturated carbocycles. The molecule has 0 aromatic carbocycles. The van der Waals surface area contributed by atoms with Gasteiger partial charge in [-0.3, -0.25) is 10.1 Å². The summed E-state index contributed by atoms with van der Waals surface area (Å²) in [5.41, 5.74) is -0.141. The molecule has 0 aliphatic carbocycles. The summed E-state index contributed by atoms with van der Waals surface area (Å²) in [6.07, 6.45) is 3.41. The molecule has 0 spiro atoms. The van der Waals surface area contributed by atoms with Crippen molar-refractivity contribution in [3.05, 3.63) is 26.9 Å². The maximum atomic E-state index is 10.8. The molecule has 1 unspecified atom stereocenters. The van der Waals surface area contributed by atoms with Crippen LogP contribution in [0.2, 0.25) is 0 Å². The lowest BCUT2D eigenvalue weighted by atomic mass is 10.2. The van der Waals surface area contributed by atoms with Crippen LogP contribution in [0.25, 0.3) is 0 Å². The largest absolute Gasteiger partial charge is 0.470 e. The summed E-state index contributed by atoms with van der Waals surface area (Å²) >= 11 is 3.13. The maximum absolute atomic E-state index is 10.8. The molecule has 7 heteroatoms. The topological polar surface area (TPSA) is 74.5 Å². The normalized spacial score (nSPS) is 19.2. The van der Waals surface area contributed by atoms with Crippen molar-refractivity contribution >= 4 is 21.6 Å². The van der Waals surface area contributed by atoms with Crippen molar-refractivity contribution in [2.75, 3.05) is 13.2 Å². The van der Waals surface area contributed by atoms with Gasteiger partial charge in [0.2, 0.25) is 0 Å². The minimum atomic E-state index is -0.511. The van der Waals surface area contributed by atoms with Crippen LogP contribution in [-0.4, -0.2) is 29.2 Å².